The zero-order valence-electron chi connectivity index (χ0n) is 9.14. The fourth-order valence-electron chi connectivity index (χ4n) is 0.761. The van der Waals surface area contributed by atoms with Gasteiger partial charge in [0.25, 0.3) is 0 Å². The van der Waals surface area contributed by atoms with Crippen LogP contribution in [-0.2, 0) is 9.53 Å². The first kappa shape index (κ1) is 12.4. The maximum atomic E-state index is 11.2. The van der Waals surface area contributed by atoms with E-state index in [4.69, 9.17) is 4.74 Å². The molecule has 0 saturated carbocycles. The van der Waals surface area contributed by atoms with Crippen LogP contribution in [-0.4, -0.2) is 25.7 Å². The van der Waals surface area contributed by atoms with E-state index in [2.05, 4.69) is 26.1 Å². The molecule has 0 atom stereocenters. The van der Waals surface area contributed by atoms with Crippen LogP contribution in [0.4, 0.5) is 0 Å². The normalized spacial score (nSPS) is 11.4. The topological polar surface area (TPSA) is 38.3 Å². The SMILES string of the molecule is CCOCCC(=O)NCC(C)(C)C. The van der Waals surface area contributed by atoms with E-state index in [0.29, 0.717) is 19.6 Å². The van der Waals surface area contributed by atoms with Gasteiger partial charge in [0.2, 0.25) is 5.91 Å². The molecular weight excluding hydrogens is 166 g/mol. The van der Waals surface area contributed by atoms with Gasteiger partial charge >= 0.3 is 0 Å². The van der Waals surface area contributed by atoms with Crippen molar-refractivity contribution in [2.24, 2.45) is 5.41 Å². The lowest BCUT2D eigenvalue weighted by molar-refractivity contribution is -0.122. The molecule has 78 valence electrons. The molecular formula is C10H21NO2. The van der Waals surface area contributed by atoms with Gasteiger partial charge < -0.3 is 10.1 Å². The van der Waals surface area contributed by atoms with E-state index in [1.54, 1.807) is 0 Å². The van der Waals surface area contributed by atoms with Gasteiger partial charge in [0.1, 0.15) is 0 Å². The van der Waals surface area contributed by atoms with Crippen LogP contribution in [0.1, 0.15) is 34.1 Å². The van der Waals surface area contributed by atoms with Gasteiger partial charge in [-0.3, -0.25) is 4.79 Å². The molecule has 1 N–H and O–H groups in total. The number of nitrogens with one attached hydrogen (secondary N) is 1. The molecule has 0 saturated heterocycles. The molecule has 0 aromatic carbocycles. The molecule has 3 heteroatoms. The van der Waals surface area contributed by atoms with Crippen LogP contribution < -0.4 is 5.32 Å². The molecule has 0 aromatic heterocycles. The third-order valence-corrected chi connectivity index (χ3v) is 1.49. The predicted octanol–water partition coefficient (Wildman–Crippen LogP) is 1.58. The lowest BCUT2D eigenvalue weighted by Crippen LogP contribution is -2.32. The summed E-state index contributed by atoms with van der Waals surface area (Å²) in [6.07, 6.45) is 0.462. The zero-order valence-corrected chi connectivity index (χ0v) is 9.14. The second-order valence-corrected chi connectivity index (χ2v) is 4.28. The summed E-state index contributed by atoms with van der Waals surface area (Å²) in [5.74, 6) is 0.0726. The minimum absolute atomic E-state index is 0.0726. The van der Waals surface area contributed by atoms with Gasteiger partial charge in [0.15, 0.2) is 0 Å². The smallest absolute Gasteiger partial charge is 0.222 e. The number of ether oxygens (including phenoxy) is 1. The summed E-state index contributed by atoms with van der Waals surface area (Å²) in [6.45, 7) is 10.1. The first-order valence-corrected chi connectivity index (χ1v) is 4.80. The molecule has 0 bridgehead atoms. The van der Waals surface area contributed by atoms with Crippen molar-refractivity contribution in [3.63, 3.8) is 0 Å². The molecule has 0 aliphatic rings. The summed E-state index contributed by atoms with van der Waals surface area (Å²) in [6, 6.07) is 0. The molecule has 0 radical (unpaired) electrons. The molecule has 0 aromatic rings. The molecule has 0 aliphatic heterocycles. The molecule has 0 fully saturated rings. The minimum Gasteiger partial charge on any atom is -0.381 e. The van der Waals surface area contributed by atoms with Crippen molar-refractivity contribution in [2.75, 3.05) is 19.8 Å². The predicted molar refractivity (Wildman–Crippen MR) is 53.6 cm³/mol. The summed E-state index contributed by atoms with van der Waals surface area (Å²) in [4.78, 5) is 11.2. The minimum atomic E-state index is 0.0726. The quantitative estimate of drug-likeness (QED) is 0.663. The van der Waals surface area contributed by atoms with Crippen LogP contribution in [0.25, 0.3) is 0 Å². The van der Waals surface area contributed by atoms with Crippen molar-refractivity contribution >= 4 is 5.91 Å². The third kappa shape index (κ3) is 9.34. The van der Waals surface area contributed by atoms with E-state index in [9.17, 15) is 4.79 Å². The molecule has 0 rings (SSSR count). The van der Waals surface area contributed by atoms with E-state index < -0.39 is 0 Å². The summed E-state index contributed by atoms with van der Waals surface area (Å²) in [5, 5.41) is 2.86. The fourth-order valence-corrected chi connectivity index (χ4v) is 0.761. The second-order valence-electron chi connectivity index (χ2n) is 4.28. The van der Waals surface area contributed by atoms with Crippen molar-refractivity contribution in [1.82, 2.24) is 5.32 Å². The first-order chi connectivity index (χ1) is 5.95. The van der Waals surface area contributed by atoms with Gasteiger partial charge in [0.05, 0.1) is 6.61 Å². The number of carbonyl (C=O) groups is 1. The Balaban J connectivity index is 3.41. The van der Waals surface area contributed by atoms with E-state index in [0.717, 1.165) is 6.54 Å². The second kappa shape index (κ2) is 5.97. The monoisotopic (exact) mass is 187 g/mol. The molecule has 0 heterocycles. The zero-order chi connectivity index (χ0) is 10.3. The van der Waals surface area contributed by atoms with Gasteiger partial charge in [-0.1, -0.05) is 20.8 Å². The third-order valence-electron chi connectivity index (χ3n) is 1.49. The highest BCUT2D eigenvalue weighted by atomic mass is 16.5. The Kier molecular flexibility index (Phi) is 5.71. The number of amides is 1. The Hall–Kier alpha value is -0.570. The first-order valence-electron chi connectivity index (χ1n) is 4.80. The molecule has 1 amide bonds. The van der Waals surface area contributed by atoms with Crippen LogP contribution >= 0.6 is 0 Å². The maximum absolute atomic E-state index is 11.2. The molecule has 13 heavy (non-hydrogen) atoms. The molecule has 3 nitrogen and oxygen atoms in total. The summed E-state index contributed by atoms with van der Waals surface area (Å²) in [7, 11) is 0. The highest BCUT2D eigenvalue weighted by Crippen LogP contribution is 2.10. The molecule has 0 unspecified atom stereocenters. The maximum Gasteiger partial charge on any atom is 0.222 e. The number of carbonyl (C=O) groups excluding carboxylic acids is 1. The standard InChI is InChI=1S/C10H21NO2/c1-5-13-7-6-9(12)11-8-10(2,3)4/h5-8H2,1-4H3,(H,11,12). The van der Waals surface area contributed by atoms with Crippen molar-refractivity contribution in [3.8, 4) is 0 Å². The average molecular weight is 187 g/mol. The largest absolute Gasteiger partial charge is 0.381 e. The van der Waals surface area contributed by atoms with Gasteiger partial charge in [-0.15, -0.1) is 0 Å². The number of hydrogen-bond donors (Lipinski definition) is 1. The summed E-state index contributed by atoms with van der Waals surface area (Å²) >= 11 is 0. The van der Waals surface area contributed by atoms with Gasteiger partial charge in [-0.2, -0.15) is 0 Å². The highest BCUT2D eigenvalue weighted by Gasteiger charge is 2.11. The van der Waals surface area contributed by atoms with E-state index >= 15 is 0 Å². The highest BCUT2D eigenvalue weighted by molar-refractivity contribution is 5.75. The lowest BCUT2D eigenvalue weighted by Gasteiger charge is -2.18. The van der Waals surface area contributed by atoms with Gasteiger partial charge in [-0.05, 0) is 12.3 Å². The Bertz CT molecular complexity index is 149. The van der Waals surface area contributed by atoms with Crippen molar-refractivity contribution < 1.29 is 9.53 Å². The molecule has 0 aliphatic carbocycles. The van der Waals surface area contributed by atoms with Crippen LogP contribution in [0.3, 0.4) is 0 Å². The Morgan fingerprint density at radius 2 is 2.00 bits per heavy atom. The van der Waals surface area contributed by atoms with Crippen LogP contribution in [0.15, 0.2) is 0 Å². The van der Waals surface area contributed by atoms with Gasteiger partial charge in [-0.25, -0.2) is 0 Å². The molecule has 0 spiro atoms. The lowest BCUT2D eigenvalue weighted by atomic mass is 9.97. The van der Waals surface area contributed by atoms with Crippen molar-refractivity contribution in [1.29, 1.82) is 0 Å². The number of rotatable bonds is 5. The van der Waals surface area contributed by atoms with E-state index in [1.165, 1.54) is 0 Å². The number of hydrogen-bond acceptors (Lipinski definition) is 2. The van der Waals surface area contributed by atoms with Crippen molar-refractivity contribution in [2.45, 2.75) is 34.1 Å². The van der Waals surface area contributed by atoms with Crippen LogP contribution in [0.5, 0.6) is 0 Å². The van der Waals surface area contributed by atoms with E-state index in [-0.39, 0.29) is 11.3 Å². The Morgan fingerprint density at radius 3 is 2.46 bits per heavy atom. The fraction of sp³-hybridized carbons (Fsp3) is 0.900. The summed E-state index contributed by atoms with van der Waals surface area (Å²) < 4.78 is 5.08. The average Bonchev–Trinajstić information content (AvgIpc) is 2.00. The Morgan fingerprint density at radius 1 is 1.38 bits per heavy atom. The van der Waals surface area contributed by atoms with E-state index in [1.807, 2.05) is 6.92 Å². The van der Waals surface area contributed by atoms with Gasteiger partial charge in [0, 0.05) is 19.6 Å². The van der Waals surface area contributed by atoms with Crippen LogP contribution in [0.2, 0.25) is 0 Å². The summed E-state index contributed by atoms with van der Waals surface area (Å²) in [5.41, 5.74) is 0.154. The Labute approximate surface area is 80.8 Å². The van der Waals surface area contributed by atoms with Crippen LogP contribution in [0, 0.1) is 5.41 Å². The van der Waals surface area contributed by atoms with Crippen molar-refractivity contribution in [3.05, 3.63) is 0 Å².